The predicted molar refractivity (Wildman–Crippen MR) is 122 cm³/mol. The van der Waals surface area contributed by atoms with Gasteiger partial charge in [-0.2, -0.15) is 0 Å². The van der Waals surface area contributed by atoms with Crippen LogP contribution in [0.25, 0.3) is 16.6 Å². The van der Waals surface area contributed by atoms with Crippen molar-refractivity contribution in [2.75, 3.05) is 18.8 Å². The molecule has 156 valence electrons. The number of carbonyl (C=O) groups excluding carboxylic acids is 1. The van der Waals surface area contributed by atoms with Crippen LogP contribution in [0.15, 0.2) is 58.5 Å². The molecule has 1 aliphatic heterocycles. The normalized spacial score (nSPS) is 19.2. The molecule has 4 rings (SSSR count). The van der Waals surface area contributed by atoms with Crippen LogP contribution in [-0.4, -0.2) is 39.2 Å². The first-order valence-corrected chi connectivity index (χ1v) is 11.4. The zero-order valence-electron chi connectivity index (χ0n) is 17.7. The third-order valence-corrected chi connectivity index (χ3v) is 6.57. The lowest BCUT2D eigenvalue weighted by molar-refractivity contribution is -0.130. The number of nitrogens with zero attached hydrogens (tertiary/aromatic N) is 3. The van der Waals surface area contributed by atoms with Crippen molar-refractivity contribution in [1.29, 1.82) is 0 Å². The van der Waals surface area contributed by atoms with Gasteiger partial charge in [0, 0.05) is 13.1 Å². The van der Waals surface area contributed by atoms with Gasteiger partial charge >= 0.3 is 0 Å². The first-order chi connectivity index (χ1) is 14.4. The Hall–Kier alpha value is -2.60. The molecule has 0 unspecified atom stereocenters. The number of carbonyl (C=O) groups is 1. The van der Waals surface area contributed by atoms with Gasteiger partial charge in [-0.25, -0.2) is 4.98 Å². The Morgan fingerprint density at radius 3 is 2.47 bits per heavy atom. The molecule has 0 N–H and O–H groups in total. The molecule has 0 spiro atoms. The highest BCUT2D eigenvalue weighted by Crippen LogP contribution is 2.25. The lowest BCUT2D eigenvalue weighted by atomic mass is 9.92. The first kappa shape index (κ1) is 20.7. The second kappa shape index (κ2) is 8.64. The number of thioether (sulfide) groups is 1. The summed E-state index contributed by atoms with van der Waals surface area (Å²) in [5.41, 5.74) is 2.34. The van der Waals surface area contributed by atoms with Crippen molar-refractivity contribution in [1.82, 2.24) is 14.5 Å². The zero-order chi connectivity index (χ0) is 21.3. The van der Waals surface area contributed by atoms with E-state index in [-0.39, 0.29) is 17.2 Å². The van der Waals surface area contributed by atoms with Crippen LogP contribution in [0.4, 0.5) is 0 Å². The van der Waals surface area contributed by atoms with Crippen molar-refractivity contribution in [3.8, 4) is 5.69 Å². The number of likely N-dealkylation sites (tertiary alicyclic amines) is 1. The van der Waals surface area contributed by atoms with Crippen molar-refractivity contribution in [3.63, 3.8) is 0 Å². The van der Waals surface area contributed by atoms with Crippen LogP contribution in [0, 0.1) is 18.8 Å². The summed E-state index contributed by atoms with van der Waals surface area (Å²) in [5.74, 6) is 1.42. The highest BCUT2D eigenvalue weighted by molar-refractivity contribution is 7.99. The average Bonchev–Trinajstić information content (AvgIpc) is 2.72. The number of hydrogen-bond donors (Lipinski definition) is 0. The van der Waals surface area contributed by atoms with Crippen molar-refractivity contribution >= 4 is 28.6 Å². The Labute approximate surface area is 181 Å². The third-order valence-electron chi connectivity index (χ3n) is 5.65. The highest BCUT2D eigenvalue weighted by atomic mass is 32.2. The fourth-order valence-corrected chi connectivity index (χ4v) is 5.23. The summed E-state index contributed by atoms with van der Waals surface area (Å²) >= 11 is 1.34. The molecule has 2 aromatic carbocycles. The topological polar surface area (TPSA) is 55.2 Å². The summed E-state index contributed by atoms with van der Waals surface area (Å²) in [4.78, 5) is 33.0. The molecule has 0 saturated carbocycles. The van der Waals surface area contributed by atoms with Crippen LogP contribution in [0.2, 0.25) is 0 Å². The average molecular weight is 422 g/mol. The van der Waals surface area contributed by atoms with E-state index in [9.17, 15) is 9.59 Å². The third kappa shape index (κ3) is 4.15. The lowest BCUT2D eigenvalue weighted by Crippen LogP contribution is -2.43. The van der Waals surface area contributed by atoms with Crippen molar-refractivity contribution in [2.45, 2.75) is 32.3 Å². The van der Waals surface area contributed by atoms with Gasteiger partial charge in [0.1, 0.15) is 0 Å². The second-order valence-electron chi connectivity index (χ2n) is 8.37. The van der Waals surface area contributed by atoms with Gasteiger partial charge in [0.2, 0.25) is 5.91 Å². The van der Waals surface area contributed by atoms with E-state index < -0.39 is 0 Å². The van der Waals surface area contributed by atoms with Gasteiger partial charge in [0.25, 0.3) is 5.56 Å². The summed E-state index contributed by atoms with van der Waals surface area (Å²) in [6.45, 7) is 7.99. The number of aromatic nitrogens is 2. The Balaban J connectivity index is 1.69. The molecule has 2 atom stereocenters. The highest BCUT2D eigenvalue weighted by Gasteiger charge is 2.26. The Morgan fingerprint density at radius 1 is 1.07 bits per heavy atom. The van der Waals surface area contributed by atoms with E-state index in [4.69, 9.17) is 4.98 Å². The van der Waals surface area contributed by atoms with Crippen LogP contribution in [0.3, 0.4) is 0 Å². The van der Waals surface area contributed by atoms with Gasteiger partial charge in [-0.3, -0.25) is 14.2 Å². The molecular weight excluding hydrogens is 394 g/mol. The van der Waals surface area contributed by atoms with Crippen LogP contribution in [0.5, 0.6) is 0 Å². The largest absolute Gasteiger partial charge is 0.341 e. The molecule has 30 heavy (non-hydrogen) atoms. The predicted octanol–water partition coefficient (Wildman–Crippen LogP) is 4.29. The molecule has 0 bridgehead atoms. The molecule has 1 saturated heterocycles. The number of amides is 1. The number of para-hydroxylation sites is 2. The zero-order valence-corrected chi connectivity index (χ0v) is 18.5. The fraction of sp³-hybridized carbons (Fsp3) is 0.375. The van der Waals surface area contributed by atoms with E-state index in [0.717, 1.165) is 30.8 Å². The Morgan fingerprint density at radius 2 is 1.73 bits per heavy atom. The van der Waals surface area contributed by atoms with Gasteiger partial charge in [-0.05, 0) is 48.9 Å². The monoisotopic (exact) mass is 421 g/mol. The van der Waals surface area contributed by atoms with Crippen LogP contribution in [-0.2, 0) is 4.79 Å². The second-order valence-corrected chi connectivity index (χ2v) is 9.31. The van der Waals surface area contributed by atoms with Crippen LogP contribution < -0.4 is 5.56 Å². The van der Waals surface area contributed by atoms with Crippen molar-refractivity contribution in [2.24, 2.45) is 11.8 Å². The minimum absolute atomic E-state index is 0.106. The molecule has 6 heteroatoms. The number of benzene rings is 2. The first-order valence-electron chi connectivity index (χ1n) is 10.4. The van der Waals surface area contributed by atoms with E-state index in [1.807, 2.05) is 54.3 Å². The minimum Gasteiger partial charge on any atom is -0.341 e. The van der Waals surface area contributed by atoms with Gasteiger partial charge < -0.3 is 4.90 Å². The summed E-state index contributed by atoms with van der Waals surface area (Å²) in [5, 5.41) is 1.13. The molecule has 0 aliphatic carbocycles. The number of rotatable bonds is 4. The quantitative estimate of drug-likeness (QED) is 0.466. The van der Waals surface area contributed by atoms with Gasteiger partial charge in [-0.1, -0.05) is 55.9 Å². The lowest BCUT2D eigenvalue weighted by Gasteiger charge is -2.35. The molecule has 1 aliphatic rings. The van der Waals surface area contributed by atoms with Gasteiger partial charge in [0.05, 0.1) is 22.3 Å². The number of piperidine rings is 1. The minimum atomic E-state index is -0.106. The van der Waals surface area contributed by atoms with E-state index in [1.165, 1.54) is 11.8 Å². The van der Waals surface area contributed by atoms with Gasteiger partial charge in [-0.15, -0.1) is 0 Å². The summed E-state index contributed by atoms with van der Waals surface area (Å²) in [6, 6.07) is 15.1. The van der Waals surface area contributed by atoms with Crippen LogP contribution >= 0.6 is 11.8 Å². The number of aryl methyl sites for hydroxylation is 1. The van der Waals surface area contributed by atoms with Crippen molar-refractivity contribution < 1.29 is 4.79 Å². The van der Waals surface area contributed by atoms with E-state index in [2.05, 4.69) is 13.8 Å². The van der Waals surface area contributed by atoms with Gasteiger partial charge in [0.15, 0.2) is 5.16 Å². The molecule has 0 radical (unpaired) electrons. The molecule has 5 nitrogen and oxygen atoms in total. The van der Waals surface area contributed by atoms with Crippen molar-refractivity contribution in [3.05, 3.63) is 64.4 Å². The Kier molecular flexibility index (Phi) is 5.95. The Bertz CT molecular complexity index is 1130. The maximum absolute atomic E-state index is 13.3. The fourth-order valence-electron chi connectivity index (χ4n) is 4.32. The molecule has 2 heterocycles. The SMILES string of the molecule is Cc1ccccc1-n1c(SCC(=O)N2C[C@H](C)C[C@H](C)C2)nc2ccccc2c1=O. The molecule has 1 fully saturated rings. The number of hydrogen-bond acceptors (Lipinski definition) is 4. The summed E-state index contributed by atoms with van der Waals surface area (Å²) in [7, 11) is 0. The van der Waals surface area contributed by atoms with E-state index >= 15 is 0 Å². The van der Waals surface area contributed by atoms with E-state index in [0.29, 0.717) is 27.9 Å². The molecule has 3 aromatic rings. The van der Waals surface area contributed by atoms with E-state index in [1.54, 1.807) is 10.6 Å². The standard InChI is InChI=1S/C24H27N3O2S/c1-16-12-17(2)14-26(13-16)22(28)15-30-24-25-20-10-6-5-9-19(20)23(29)27(24)21-11-7-4-8-18(21)3/h4-11,16-17H,12-15H2,1-3H3/t16-,17+. The smallest absolute Gasteiger partial charge is 0.266 e. The molecule has 1 amide bonds. The van der Waals surface area contributed by atoms with Crippen LogP contribution in [0.1, 0.15) is 25.8 Å². The molecule has 1 aromatic heterocycles. The summed E-state index contributed by atoms with van der Waals surface area (Å²) < 4.78 is 1.65. The summed E-state index contributed by atoms with van der Waals surface area (Å²) in [6.07, 6.45) is 1.16. The molecular formula is C24H27N3O2S. The maximum Gasteiger partial charge on any atom is 0.266 e. The maximum atomic E-state index is 13.3. The number of fused-ring (bicyclic) bond motifs is 1.